The molecule has 2 aromatic carbocycles. The summed E-state index contributed by atoms with van der Waals surface area (Å²) in [6.07, 6.45) is 0.827. The number of fused-ring (bicyclic) bond motifs is 1. The second-order valence-corrected chi connectivity index (χ2v) is 7.43. The highest BCUT2D eigenvalue weighted by Crippen LogP contribution is 2.31. The molecule has 7 heteroatoms. The Morgan fingerprint density at radius 2 is 2.18 bits per heavy atom. The van der Waals surface area contributed by atoms with Crippen molar-refractivity contribution >= 4 is 22.9 Å². The van der Waals surface area contributed by atoms with Gasteiger partial charge < -0.3 is 15.4 Å². The fourth-order valence-electron chi connectivity index (χ4n) is 3.21. The number of nitriles is 1. The molecule has 0 spiro atoms. The first-order chi connectivity index (χ1) is 13.7. The number of methoxy groups -OCH3 is 1. The molecule has 0 radical (unpaired) electrons. The van der Waals surface area contributed by atoms with Crippen molar-refractivity contribution < 1.29 is 9.53 Å². The molecule has 0 bridgehead atoms. The third-order valence-corrected chi connectivity index (χ3v) is 5.70. The van der Waals surface area contributed by atoms with Gasteiger partial charge in [-0.2, -0.15) is 5.26 Å². The number of thiazole rings is 1. The molecule has 4 rings (SSSR count). The zero-order valence-electron chi connectivity index (χ0n) is 15.3. The largest absolute Gasteiger partial charge is 0.497 e. The Bertz CT molecular complexity index is 1060. The molecule has 2 heterocycles. The van der Waals surface area contributed by atoms with Crippen LogP contribution < -0.4 is 15.4 Å². The molecule has 0 unspecified atom stereocenters. The lowest BCUT2D eigenvalue weighted by molar-refractivity contribution is 0.102. The Morgan fingerprint density at radius 1 is 1.32 bits per heavy atom. The summed E-state index contributed by atoms with van der Waals surface area (Å²) in [6, 6.07) is 15.1. The van der Waals surface area contributed by atoms with Crippen LogP contribution in [0.4, 0.5) is 5.69 Å². The summed E-state index contributed by atoms with van der Waals surface area (Å²) in [5.74, 6) is 0.413. The van der Waals surface area contributed by atoms with Crippen LogP contribution in [0.25, 0.3) is 11.1 Å². The van der Waals surface area contributed by atoms with Crippen molar-refractivity contribution in [2.24, 2.45) is 0 Å². The van der Waals surface area contributed by atoms with Crippen LogP contribution in [0.15, 0.2) is 42.5 Å². The number of ether oxygens (including phenoxy) is 1. The van der Waals surface area contributed by atoms with Crippen LogP contribution in [0, 0.1) is 11.3 Å². The summed E-state index contributed by atoms with van der Waals surface area (Å²) in [5, 5.41) is 16.3. The third-order valence-electron chi connectivity index (χ3n) is 4.60. The number of carbonyl (C=O) groups is 1. The van der Waals surface area contributed by atoms with Crippen molar-refractivity contribution in [3.63, 3.8) is 0 Å². The first kappa shape index (κ1) is 18.2. The lowest BCUT2D eigenvalue weighted by Gasteiger charge is -2.11. The molecule has 1 amide bonds. The lowest BCUT2D eigenvalue weighted by Crippen LogP contribution is -2.22. The number of nitrogens with one attached hydrogen (secondary N) is 2. The number of hydrogen-bond donors (Lipinski definition) is 2. The van der Waals surface area contributed by atoms with E-state index in [2.05, 4.69) is 21.7 Å². The number of benzene rings is 2. The van der Waals surface area contributed by atoms with Crippen LogP contribution in [0.1, 0.15) is 25.9 Å². The van der Waals surface area contributed by atoms with E-state index in [4.69, 9.17) is 4.74 Å². The summed E-state index contributed by atoms with van der Waals surface area (Å²) in [5.41, 5.74) is 3.45. The molecule has 1 aliphatic heterocycles. The topological polar surface area (TPSA) is 87.0 Å². The molecule has 1 aromatic heterocycles. The molecule has 2 N–H and O–H groups in total. The normalized spacial score (nSPS) is 12.7. The quantitative estimate of drug-likeness (QED) is 0.711. The maximum Gasteiger partial charge on any atom is 0.284 e. The third kappa shape index (κ3) is 3.48. The van der Waals surface area contributed by atoms with Gasteiger partial charge in [-0.25, -0.2) is 4.98 Å². The van der Waals surface area contributed by atoms with E-state index < -0.39 is 0 Å². The Labute approximate surface area is 166 Å². The molecule has 6 nitrogen and oxygen atoms in total. The number of hydrogen-bond acceptors (Lipinski definition) is 6. The number of nitrogens with zero attached hydrogens (tertiary/aromatic N) is 2. The second kappa shape index (κ2) is 7.80. The number of anilines is 1. The lowest BCUT2D eigenvalue weighted by atomic mass is 9.98. The molecule has 0 saturated carbocycles. The summed E-state index contributed by atoms with van der Waals surface area (Å²) >= 11 is 1.40. The summed E-state index contributed by atoms with van der Waals surface area (Å²) in [4.78, 5) is 18.3. The minimum Gasteiger partial charge on any atom is -0.497 e. The predicted octanol–water partition coefficient (Wildman–Crippen LogP) is 3.59. The van der Waals surface area contributed by atoms with E-state index in [0.717, 1.165) is 41.2 Å². The van der Waals surface area contributed by atoms with Gasteiger partial charge >= 0.3 is 0 Å². The maximum absolute atomic E-state index is 12.7. The van der Waals surface area contributed by atoms with Crippen LogP contribution in [0.5, 0.6) is 5.75 Å². The van der Waals surface area contributed by atoms with Gasteiger partial charge in [-0.1, -0.05) is 24.3 Å². The van der Waals surface area contributed by atoms with Crippen molar-refractivity contribution in [2.45, 2.75) is 13.0 Å². The van der Waals surface area contributed by atoms with Crippen molar-refractivity contribution in [1.29, 1.82) is 5.26 Å². The molecule has 1 aliphatic rings. The molecular weight excluding hydrogens is 372 g/mol. The van der Waals surface area contributed by atoms with Gasteiger partial charge in [-0.05, 0) is 23.8 Å². The summed E-state index contributed by atoms with van der Waals surface area (Å²) in [6.45, 7) is 1.62. The van der Waals surface area contributed by atoms with Gasteiger partial charge in [0.05, 0.1) is 24.1 Å². The fourth-order valence-corrected chi connectivity index (χ4v) is 4.18. The van der Waals surface area contributed by atoms with E-state index in [1.807, 2.05) is 36.4 Å². The SMILES string of the molecule is COc1cccc(-c2cccc(NC(=O)c3nc4c(s3)CNCC4)c2C#N)c1. The van der Waals surface area contributed by atoms with Gasteiger partial charge in [0, 0.05) is 30.0 Å². The van der Waals surface area contributed by atoms with Crippen molar-refractivity contribution in [2.75, 3.05) is 19.0 Å². The molecular formula is C21H18N4O2S. The van der Waals surface area contributed by atoms with Crippen molar-refractivity contribution in [1.82, 2.24) is 10.3 Å². The zero-order valence-corrected chi connectivity index (χ0v) is 16.1. The molecule has 0 aliphatic carbocycles. The first-order valence-electron chi connectivity index (χ1n) is 8.88. The molecule has 0 atom stereocenters. The minimum atomic E-state index is -0.293. The van der Waals surface area contributed by atoms with Crippen molar-refractivity contribution in [3.8, 4) is 22.9 Å². The van der Waals surface area contributed by atoms with Crippen LogP contribution in [-0.4, -0.2) is 24.5 Å². The minimum absolute atomic E-state index is 0.293. The highest BCUT2D eigenvalue weighted by molar-refractivity contribution is 7.13. The number of rotatable bonds is 4. The number of amides is 1. The second-order valence-electron chi connectivity index (χ2n) is 6.34. The standard InChI is InChI=1S/C21H18N4O2S/c1-27-14-5-2-4-13(10-14)15-6-3-7-17(16(15)11-22)24-20(26)21-25-18-8-9-23-12-19(18)28-21/h2-7,10,23H,8-9,12H2,1H3,(H,24,26). The van der Waals surface area contributed by atoms with E-state index in [9.17, 15) is 10.1 Å². The zero-order chi connectivity index (χ0) is 19.5. The van der Waals surface area contributed by atoms with Gasteiger partial charge in [0.15, 0.2) is 5.01 Å². The van der Waals surface area contributed by atoms with Gasteiger partial charge in [0.1, 0.15) is 11.8 Å². The molecule has 0 fully saturated rings. The van der Waals surface area contributed by atoms with E-state index >= 15 is 0 Å². The van der Waals surface area contributed by atoms with Crippen LogP contribution in [0.3, 0.4) is 0 Å². The molecule has 28 heavy (non-hydrogen) atoms. The summed E-state index contributed by atoms with van der Waals surface area (Å²) < 4.78 is 5.28. The van der Waals surface area contributed by atoms with Crippen molar-refractivity contribution in [3.05, 3.63) is 63.6 Å². The Balaban J connectivity index is 1.65. The fraction of sp³-hybridized carbons (Fsp3) is 0.190. The molecule has 3 aromatic rings. The van der Waals surface area contributed by atoms with E-state index in [1.165, 1.54) is 11.3 Å². The van der Waals surface area contributed by atoms with Crippen LogP contribution in [-0.2, 0) is 13.0 Å². The van der Waals surface area contributed by atoms with Gasteiger partial charge in [0.2, 0.25) is 0 Å². The van der Waals surface area contributed by atoms with E-state index in [0.29, 0.717) is 22.0 Å². The highest BCUT2D eigenvalue weighted by atomic mass is 32.1. The van der Waals surface area contributed by atoms with Gasteiger partial charge in [-0.3, -0.25) is 4.79 Å². The van der Waals surface area contributed by atoms with Gasteiger partial charge in [0.25, 0.3) is 5.91 Å². The highest BCUT2D eigenvalue weighted by Gasteiger charge is 2.20. The number of aromatic nitrogens is 1. The van der Waals surface area contributed by atoms with Gasteiger partial charge in [-0.15, -0.1) is 11.3 Å². The Hall–Kier alpha value is -3.21. The monoisotopic (exact) mass is 390 g/mol. The van der Waals surface area contributed by atoms with E-state index in [1.54, 1.807) is 13.2 Å². The first-order valence-corrected chi connectivity index (χ1v) is 9.69. The number of carbonyl (C=O) groups excluding carboxylic acids is 1. The average molecular weight is 390 g/mol. The summed E-state index contributed by atoms with van der Waals surface area (Å²) in [7, 11) is 1.60. The Morgan fingerprint density at radius 3 is 2.96 bits per heavy atom. The van der Waals surface area contributed by atoms with Crippen LogP contribution >= 0.6 is 11.3 Å². The molecule has 140 valence electrons. The predicted molar refractivity (Wildman–Crippen MR) is 109 cm³/mol. The Kier molecular flexibility index (Phi) is 5.06. The smallest absolute Gasteiger partial charge is 0.284 e. The van der Waals surface area contributed by atoms with E-state index in [-0.39, 0.29) is 5.91 Å². The molecule has 0 saturated heterocycles. The van der Waals surface area contributed by atoms with Crippen LogP contribution in [0.2, 0.25) is 0 Å². The maximum atomic E-state index is 12.7. The average Bonchev–Trinajstić information content (AvgIpc) is 3.18.